The minimum Gasteiger partial charge on any atom is -0.153 e. The summed E-state index contributed by atoms with van der Waals surface area (Å²) in [4.78, 5) is 0. The van der Waals surface area contributed by atoms with E-state index in [9.17, 15) is 0 Å². The molecule has 0 aromatic carbocycles. The molecule has 1 rings (SSSR count). The molecule has 1 fully saturated rings. The first-order valence-corrected chi connectivity index (χ1v) is 7.24. The molecule has 0 unspecified atom stereocenters. The molecule has 0 aliphatic heterocycles. The summed E-state index contributed by atoms with van der Waals surface area (Å²) in [6, 6.07) is 0. The zero-order valence-corrected chi connectivity index (χ0v) is 12.2. The third-order valence-corrected chi connectivity index (χ3v) is 4.93. The minimum absolute atomic E-state index is 0.444. The van der Waals surface area contributed by atoms with Crippen LogP contribution in [-0.2, 0) is 0 Å². The maximum absolute atomic E-state index is 2.40. The van der Waals surface area contributed by atoms with Gasteiger partial charge in [-0.3, -0.25) is 0 Å². The molecule has 1 aliphatic rings. The van der Waals surface area contributed by atoms with Gasteiger partial charge in [-0.25, -0.2) is 0 Å². The van der Waals surface area contributed by atoms with Crippen LogP contribution >= 0.6 is 11.8 Å². The van der Waals surface area contributed by atoms with Gasteiger partial charge in [0, 0.05) is 10.00 Å². The van der Waals surface area contributed by atoms with Crippen molar-refractivity contribution in [2.45, 2.75) is 77.2 Å². The third kappa shape index (κ3) is 4.80. The summed E-state index contributed by atoms with van der Waals surface area (Å²) in [5, 5.41) is 0.920. The molecule has 0 bridgehead atoms. The molecule has 15 heavy (non-hydrogen) atoms. The summed E-state index contributed by atoms with van der Waals surface area (Å²) in [6.07, 6.45) is 5.75. The SMILES string of the molecule is CC(C)(C)SC1CCC(C(C)(C)C)CC1. The maximum Gasteiger partial charge on any atom is 0.00778 e. The molecule has 0 nitrogen and oxygen atoms in total. The lowest BCUT2D eigenvalue weighted by Gasteiger charge is -2.38. The van der Waals surface area contributed by atoms with Crippen LogP contribution in [0.3, 0.4) is 0 Å². The van der Waals surface area contributed by atoms with Gasteiger partial charge in [0.2, 0.25) is 0 Å². The van der Waals surface area contributed by atoms with Crippen LogP contribution in [0.2, 0.25) is 0 Å². The Bertz CT molecular complexity index is 186. The normalized spacial score (nSPS) is 29.2. The fraction of sp³-hybridized carbons (Fsp3) is 1.00. The molecule has 0 spiro atoms. The van der Waals surface area contributed by atoms with Crippen molar-refractivity contribution in [3.63, 3.8) is 0 Å². The Morgan fingerprint density at radius 3 is 1.60 bits per heavy atom. The van der Waals surface area contributed by atoms with E-state index in [1.54, 1.807) is 0 Å². The molecular weight excluding hydrogens is 200 g/mol. The molecular formula is C14H28S. The van der Waals surface area contributed by atoms with E-state index >= 15 is 0 Å². The molecule has 1 heteroatoms. The molecule has 90 valence electrons. The zero-order valence-electron chi connectivity index (χ0n) is 11.4. The Hall–Kier alpha value is 0.350. The Labute approximate surface area is 101 Å². The number of hydrogen-bond acceptors (Lipinski definition) is 1. The van der Waals surface area contributed by atoms with Crippen molar-refractivity contribution in [3.05, 3.63) is 0 Å². The monoisotopic (exact) mass is 228 g/mol. The Kier molecular flexibility index (Phi) is 4.20. The van der Waals surface area contributed by atoms with Crippen LogP contribution in [0, 0.1) is 11.3 Å². The van der Waals surface area contributed by atoms with E-state index in [0.717, 1.165) is 11.2 Å². The van der Waals surface area contributed by atoms with Gasteiger partial charge in [0.25, 0.3) is 0 Å². The van der Waals surface area contributed by atoms with Crippen LogP contribution < -0.4 is 0 Å². The van der Waals surface area contributed by atoms with Gasteiger partial charge in [-0.15, -0.1) is 0 Å². The smallest absolute Gasteiger partial charge is 0.00778 e. The van der Waals surface area contributed by atoms with Gasteiger partial charge in [0.15, 0.2) is 0 Å². The molecule has 0 radical (unpaired) electrons. The summed E-state index contributed by atoms with van der Waals surface area (Å²) in [7, 11) is 0. The van der Waals surface area contributed by atoms with Gasteiger partial charge >= 0.3 is 0 Å². The van der Waals surface area contributed by atoms with Crippen molar-refractivity contribution in [1.82, 2.24) is 0 Å². The highest BCUT2D eigenvalue weighted by Crippen LogP contribution is 2.43. The van der Waals surface area contributed by atoms with Gasteiger partial charge < -0.3 is 0 Å². The number of thioether (sulfide) groups is 1. The topological polar surface area (TPSA) is 0 Å². The van der Waals surface area contributed by atoms with E-state index < -0.39 is 0 Å². The fourth-order valence-electron chi connectivity index (χ4n) is 2.55. The van der Waals surface area contributed by atoms with E-state index in [4.69, 9.17) is 0 Å². The lowest BCUT2D eigenvalue weighted by Crippen LogP contribution is -2.28. The maximum atomic E-state index is 2.40. The first-order chi connectivity index (χ1) is 6.68. The van der Waals surface area contributed by atoms with E-state index in [-0.39, 0.29) is 0 Å². The summed E-state index contributed by atoms with van der Waals surface area (Å²) >= 11 is 2.19. The number of hydrogen-bond donors (Lipinski definition) is 0. The second kappa shape index (κ2) is 4.69. The predicted molar refractivity (Wildman–Crippen MR) is 72.5 cm³/mol. The molecule has 1 aliphatic carbocycles. The highest BCUT2D eigenvalue weighted by Gasteiger charge is 2.31. The van der Waals surface area contributed by atoms with Crippen molar-refractivity contribution >= 4 is 11.8 Å². The van der Waals surface area contributed by atoms with E-state index in [0.29, 0.717) is 10.2 Å². The predicted octanol–water partition coefficient (Wildman–Crippen LogP) is 5.12. The summed E-state index contributed by atoms with van der Waals surface area (Å²) in [5.74, 6) is 0.953. The average Bonchev–Trinajstić information content (AvgIpc) is 2.00. The second-order valence-corrected chi connectivity index (χ2v) is 9.20. The lowest BCUT2D eigenvalue weighted by molar-refractivity contribution is 0.182. The average molecular weight is 228 g/mol. The van der Waals surface area contributed by atoms with Crippen LogP contribution in [0.15, 0.2) is 0 Å². The van der Waals surface area contributed by atoms with Gasteiger partial charge in [-0.2, -0.15) is 11.8 Å². The van der Waals surface area contributed by atoms with Crippen LogP contribution in [-0.4, -0.2) is 10.00 Å². The Balaban J connectivity index is 2.37. The first-order valence-electron chi connectivity index (χ1n) is 6.36. The van der Waals surface area contributed by atoms with Gasteiger partial charge in [-0.05, 0) is 37.0 Å². The molecule has 0 heterocycles. The van der Waals surface area contributed by atoms with Crippen molar-refractivity contribution in [3.8, 4) is 0 Å². The molecule has 0 aromatic heterocycles. The fourth-order valence-corrected chi connectivity index (χ4v) is 4.05. The van der Waals surface area contributed by atoms with Gasteiger partial charge in [-0.1, -0.05) is 41.5 Å². The van der Waals surface area contributed by atoms with Gasteiger partial charge in [0.05, 0.1) is 0 Å². The summed E-state index contributed by atoms with van der Waals surface area (Å²) in [5.41, 5.74) is 0.525. The highest BCUT2D eigenvalue weighted by atomic mass is 32.2. The largest absolute Gasteiger partial charge is 0.153 e. The standard InChI is InChI=1S/C14H28S/c1-13(2,3)11-7-9-12(10-8-11)15-14(4,5)6/h11-12H,7-10H2,1-6H3. The van der Waals surface area contributed by atoms with Crippen molar-refractivity contribution in [2.75, 3.05) is 0 Å². The van der Waals surface area contributed by atoms with Crippen LogP contribution in [0.25, 0.3) is 0 Å². The summed E-state index contributed by atoms with van der Waals surface area (Å²) < 4.78 is 0.444. The van der Waals surface area contributed by atoms with Crippen LogP contribution in [0.4, 0.5) is 0 Å². The van der Waals surface area contributed by atoms with Crippen LogP contribution in [0.1, 0.15) is 67.2 Å². The molecule has 0 atom stereocenters. The number of rotatable bonds is 1. The van der Waals surface area contributed by atoms with Crippen molar-refractivity contribution < 1.29 is 0 Å². The zero-order chi connectivity index (χ0) is 11.7. The Morgan fingerprint density at radius 2 is 1.27 bits per heavy atom. The molecule has 0 amide bonds. The Morgan fingerprint density at radius 1 is 0.800 bits per heavy atom. The molecule has 0 aromatic rings. The van der Waals surface area contributed by atoms with E-state index in [1.165, 1.54) is 25.7 Å². The summed E-state index contributed by atoms with van der Waals surface area (Å²) in [6.45, 7) is 14.2. The second-order valence-electron chi connectivity index (χ2n) is 7.07. The highest BCUT2D eigenvalue weighted by molar-refractivity contribution is 8.01. The first kappa shape index (κ1) is 13.4. The van der Waals surface area contributed by atoms with E-state index in [2.05, 4.69) is 53.3 Å². The molecule has 1 saturated carbocycles. The van der Waals surface area contributed by atoms with Gasteiger partial charge in [0.1, 0.15) is 0 Å². The lowest BCUT2D eigenvalue weighted by atomic mass is 9.72. The van der Waals surface area contributed by atoms with E-state index in [1.807, 2.05) is 0 Å². The van der Waals surface area contributed by atoms with Crippen molar-refractivity contribution in [1.29, 1.82) is 0 Å². The molecule has 0 N–H and O–H groups in total. The third-order valence-electron chi connectivity index (χ3n) is 3.42. The minimum atomic E-state index is 0.444. The van der Waals surface area contributed by atoms with Crippen LogP contribution in [0.5, 0.6) is 0 Å². The molecule has 0 saturated heterocycles. The quantitative estimate of drug-likeness (QED) is 0.600. The van der Waals surface area contributed by atoms with Crippen molar-refractivity contribution in [2.24, 2.45) is 11.3 Å².